The van der Waals surface area contributed by atoms with E-state index in [0.717, 1.165) is 31.6 Å². The molecule has 1 aromatic rings. The summed E-state index contributed by atoms with van der Waals surface area (Å²) in [6.45, 7) is 13.2. The van der Waals surface area contributed by atoms with E-state index >= 15 is 0 Å². The highest BCUT2D eigenvalue weighted by molar-refractivity contribution is 6.62. The molecule has 0 saturated carbocycles. The van der Waals surface area contributed by atoms with Gasteiger partial charge in [0.25, 0.3) is 0 Å². The van der Waals surface area contributed by atoms with Crippen LogP contribution in [0.4, 0.5) is 5.69 Å². The molecule has 3 saturated heterocycles. The maximum Gasteiger partial charge on any atom is 0.494 e. The fraction of sp³-hybridized carbons (Fsp3) is 0.632. The highest BCUT2D eigenvalue weighted by atomic mass is 16.7. The highest BCUT2D eigenvalue weighted by Gasteiger charge is 2.53. The van der Waals surface area contributed by atoms with Crippen molar-refractivity contribution in [2.75, 3.05) is 37.6 Å². The first-order chi connectivity index (χ1) is 11.7. The van der Waals surface area contributed by atoms with Crippen LogP contribution in [0.25, 0.3) is 0 Å². The normalized spacial score (nSPS) is 26.2. The molecule has 0 amide bonds. The lowest BCUT2D eigenvalue weighted by Crippen LogP contribution is -2.72. The zero-order valence-corrected chi connectivity index (χ0v) is 15.6. The molecule has 6 heteroatoms. The predicted molar refractivity (Wildman–Crippen MR) is 98.9 cm³/mol. The minimum atomic E-state index is -0.306. The van der Waals surface area contributed by atoms with E-state index in [0.29, 0.717) is 12.0 Å². The molecule has 0 aromatic heterocycles. The predicted octanol–water partition coefficient (Wildman–Crippen LogP) is 1.63. The van der Waals surface area contributed by atoms with Gasteiger partial charge in [0.1, 0.15) is 0 Å². The quantitative estimate of drug-likeness (QED) is 0.619. The summed E-state index contributed by atoms with van der Waals surface area (Å²) in [5.74, 6) is 0. The first-order valence-corrected chi connectivity index (χ1v) is 9.04. The third kappa shape index (κ3) is 2.75. The number of benzene rings is 1. The third-order valence-corrected chi connectivity index (χ3v) is 6.25. The minimum absolute atomic E-state index is 0.298. The Hall–Kier alpha value is -1.55. The van der Waals surface area contributed by atoms with Gasteiger partial charge in [0.2, 0.25) is 0 Å². The van der Waals surface area contributed by atoms with Crippen molar-refractivity contribution in [3.63, 3.8) is 0 Å². The molecule has 3 aliphatic heterocycles. The van der Waals surface area contributed by atoms with E-state index in [1.807, 2.05) is 0 Å². The van der Waals surface area contributed by atoms with Crippen LogP contribution in [0.5, 0.6) is 0 Å². The molecule has 4 rings (SSSR count). The molecule has 0 aliphatic carbocycles. The molecule has 5 nitrogen and oxygen atoms in total. The maximum atomic E-state index is 8.75. The second-order valence-electron chi connectivity index (χ2n) is 8.84. The summed E-state index contributed by atoms with van der Waals surface area (Å²) in [4.78, 5) is 4.64. The van der Waals surface area contributed by atoms with Gasteiger partial charge in [-0.1, -0.05) is 12.1 Å². The molecule has 3 aliphatic rings. The molecule has 1 aromatic carbocycles. The van der Waals surface area contributed by atoms with Crippen LogP contribution in [0, 0.1) is 16.7 Å². The second kappa shape index (κ2) is 5.47. The van der Waals surface area contributed by atoms with Crippen LogP contribution >= 0.6 is 0 Å². The average Bonchev–Trinajstić information content (AvgIpc) is 2.69. The number of hydrogen-bond donors (Lipinski definition) is 0. The smallest absolute Gasteiger partial charge is 0.399 e. The molecular weight excluding hydrogens is 313 g/mol. The van der Waals surface area contributed by atoms with Gasteiger partial charge in [-0.2, -0.15) is 5.26 Å². The van der Waals surface area contributed by atoms with Gasteiger partial charge in [-0.05, 0) is 45.3 Å². The largest absolute Gasteiger partial charge is 0.494 e. The van der Waals surface area contributed by atoms with Crippen molar-refractivity contribution in [1.29, 1.82) is 5.26 Å². The van der Waals surface area contributed by atoms with Gasteiger partial charge in [0.05, 0.1) is 23.8 Å². The van der Waals surface area contributed by atoms with Crippen LogP contribution in [-0.4, -0.2) is 55.9 Å². The summed E-state index contributed by atoms with van der Waals surface area (Å²) in [5, 5.41) is 8.75. The average molecular weight is 339 g/mol. The summed E-state index contributed by atoms with van der Waals surface area (Å²) < 4.78 is 12.2. The zero-order valence-electron chi connectivity index (χ0n) is 15.6. The fourth-order valence-corrected chi connectivity index (χ4v) is 4.08. The van der Waals surface area contributed by atoms with Crippen LogP contribution in [0.2, 0.25) is 0 Å². The first-order valence-electron chi connectivity index (χ1n) is 9.04. The van der Waals surface area contributed by atoms with E-state index in [1.54, 1.807) is 0 Å². The van der Waals surface area contributed by atoms with Gasteiger partial charge < -0.3 is 14.2 Å². The number of hydrogen-bond acceptors (Lipinski definition) is 5. The van der Waals surface area contributed by atoms with Gasteiger partial charge in [0.15, 0.2) is 0 Å². The number of nitrogens with zero attached hydrogens (tertiary/aromatic N) is 3. The molecule has 132 valence electrons. The Morgan fingerprint density at radius 2 is 1.56 bits per heavy atom. The van der Waals surface area contributed by atoms with E-state index in [1.165, 1.54) is 5.69 Å². The monoisotopic (exact) mass is 339 g/mol. The van der Waals surface area contributed by atoms with E-state index in [4.69, 9.17) is 14.6 Å². The van der Waals surface area contributed by atoms with Crippen LogP contribution < -0.4 is 10.4 Å². The van der Waals surface area contributed by atoms with Gasteiger partial charge in [-0.15, -0.1) is 0 Å². The van der Waals surface area contributed by atoms with Crippen molar-refractivity contribution < 1.29 is 9.31 Å². The highest BCUT2D eigenvalue weighted by Crippen LogP contribution is 2.41. The van der Waals surface area contributed by atoms with Crippen LogP contribution in [0.3, 0.4) is 0 Å². The van der Waals surface area contributed by atoms with E-state index < -0.39 is 0 Å². The number of likely N-dealkylation sites (tertiary alicyclic amines) is 1. The number of rotatable bonds is 3. The second-order valence-corrected chi connectivity index (χ2v) is 8.84. The zero-order chi connectivity index (χ0) is 17.9. The summed E-state index contributed by atoms with van der Waals surface area (Å²) in [7, 11) is -0.298. The lowest BCUT2D eigenvalue weighted by molar-refractivity contribution is -0.0122. The van der Waals surface area contributed by atoms with Crippen LogP contribution in [0.15, 0.2) is 24.3 Å². The Morgan fingerprint density at radius 1 is 1.00 bits per heavy atom. The lowest BCUT2D eigenvalue weighted by Gasteiger charge is -2.60. The molecule has 0 radical (unpaired) electrons. The lowest BCUT2D eigenvalue weighted by atomic mass is 9.72. The van der Waals surface area contributed by atoms with Crippen LogP contribution in [0.1, 0.15) is 27.7 Å². The Morgan fingerprint density at radius 3 is 2.08 bits per heavy atom. The SMILES string of the molecule is CC1(C)OB(c2ccc(N3CC4(CN(CC#N)C4)C3)cc2)OC1(C)C. The molecule has 0 N–H and O–H groups in total. The number of nitriles is 1. The summed E-state index contributed by atoms with van der Waals surface area (Å²) in [6.07, 6.45) is 0. The summed E-state index contributed by atoms with van der Waals surface area (Å²) >= 11 is 0. The molecular formula is C19H26BN3O2. The molecule has 0 atom stereocenters. The number of anilines is 1. The van der Waals surface area contributed by atoms with Crippen molar-refractivity contribution in [3.05, 3.63) is 24.3 Å². The van der Waals surface area contributed by atoms with Crippen molar-refractivity contribution >= 4 is 18.3 Å². The van der Waals surface area contributed by atoms with Crippen molar-refractivity contribution in [2.45, 2.75) is 38.9 Å². The van der Waals surface area contributed by atoms with Crippen molar-refractivity contribution in [1.82, 2.24) is 4.90 Å². The third-order valence-electron chi connectivity index (χ3n) is 6.25. The van der Waals surface area contributed by atoms with Gasteiger partial charge in [0, 0.05) is 37.3 Å². The summed E-state index contributed by atoms with van der Waals surface area (Å²) in [6, 6.07) is 10.8. The van der Waals surface area contributed by atoms with E-state index in [9.17, 15) is 0 Å². The topological polar surface area (TPSA) is 48.7 Å². The molecule has 0 bridgehead atoms. The van der Waals surface area contributed by atoms with E-state index in [-0.39, 0.29) is 18.3 Å². The van der Waals surface area contributed by atoms with Crippen molar-refractivity contribution in [3.8, 4) is 6.07 Å². The van der Waals surface area contributed by atoms with E-state index in [2.05, 4.69) is 67.8 Å². The Bertz CT molecular complexity index is 680. The molecule has 3 fully saturated rings. The molecule has 3 heterocycles. The van der Waals surface area contributed by atoms with Gasteiger partial charge in [-0.25, -0.2) is 0 Å². The Labute approximate surface area is 150 Å². The maximum absolute atomic E-state index is 8.75. The molecule has 0 unspecified atom stereocenters. The van der Waals surface area contributed by atoms with Gasteiger partial charge in [-0.3, -0.25) is 4.90 Å². The minimum Gasteiger partial charge on any atom is -0.399 e. The van der Waals surface area contributed by atoms with Gasteiger partial charge >= 0.3 is 7.12 Å². The molecule has 1 spiro atoms. The molecule has 25 heavy (non-hydrogen) atoms. The first kappa shape index (κ1) is 16.9. The standard InChI is InChI=1S/C19H26BN3O2/c1-17(2)18(3,4)25-20(24-17)15-5-7-16(8-6-15)23-13-19(14-23)11-22(12-19)10-9-21/h5-8H,10-14H2,1-4H3. The van der Waals surface area contributed by atoms with Crippen LogP contribution in [-0.2, 0) is 9.31 Å². The Kier molecular flexibility index (Phi) is 3.70. The van der Waals surface area contributed by atoms with Crippen molar-refractivity contribution in [2.24, 2.45) is 5.41 Å². The summed E-state index contributed by atoms with van der Waals surface area (Å²) in [5.41, 5.74) is 2.13. The Balaban J connectivity index is 1.36. The fourth-order valence-electron chi connectivity index (χ4n) is 4.08.